The standard InChI is InChI=1S/C19H20ClN3OS/c1-21-13-16(15-4-2-3-5-17(15)21)19(24)23-10-8-22(9-11-23)12-14-6-7-18(20)25-14/h2-7,13H,8-12H2,1H3. The molecule has 3 heterocycles. The normalized spacial score (nSPS) is 15.8. The van der Waals surface area contributed by atoms with Gasteiger partial charge in [0.1, 0.15) is 0 Å². The number of amides is 1. The van der Waals surface area contributed by atoms with Gasteiger partial charge in [-0.3, -0.25) is 9.69 Å². The van der Waals surface area contributed by atoms with Gasteiger partial charge in [0, 0.05) is 61.7 Å². The molecule has 0 unspecified atom stereocenters. The molecule has 0 radical (unpaired) electrons. The third-order valence-corrected chi connectivity index (χ3v) is 6.01. The number of hydrogen-bond acceptors (Lipinski definition) is 3. The van der Waals surface area contributed by atoms with E-state index in [1.807, 2.05) is 47.0 Å². The molecular weight excluding hydrogens is 354 g/mol. The van der Waals surface area contributed by atoms with E-state index in [1.54, 1.807) is 11.3 Å². The summed E-state index contributed by atoms with van der Waals surface area (Å²) in [5, 5.41) is 1.03. The molecule has 1 aliphatic heterocycles. The van der Waals surface area contributed by atoms with E-state index in [1.165, 1.54) is 4.88 Å². The summed E-state index contributed by atoms with van der Waals surface area (Å²) in [6, 6.07) is 12.1. The summed E-state index contributed by atoms with van der Waals surface area (Å²) >= 11 is 7.64. The molecule has 2 aromatic heterocycles. The Morgan fingerprint density at radius 1 is 1.12 bits per heavy atom. The lowest BCUT2D eigenvalue weighted by Crippen LogP contribution is -2.48. The quantitative estimate of drug-likeness (QED) is 0.697. The highest BCUT2D eigenvalue weighted by Crippen LogP contribution is 2.24. The average Bonchev–Trinajstić information content (AvgIpc) is 3.19. The van der Waals surface area contributed by atoms with Gasteiger partial charge in [-0.05, 0) is 18.2 Å². The third kappa shape index (κ3) is 3.32. The Bertz CT molecular complexity index is 908. The maximum absolute atomic E-state index is 13.0. The van der Waals surface area contributed by atoms with Crippen LogP contribution < -0.4 is 0 Å². The lowest BCUT2D eigenvalue weighted by Gasteiger charge is -2.34. The maximum Gasteiger partial charge on any atom is 0.256 e. The van der Waals surface area contributed by atoms with E-state index in [-0.39, 0.29) is 5.91 Å². The number of fused-ring (bicyclic) bond motifs is 1. The number of carbonyl (C=O) groups is 1. The van der Waals surface area contributed by atoms with Gasteiger partial charge in [0.2, 0.25) is 0 Å². The number of halogens is 1. The summed E-state index contributed by atoms with van der Waals surface area (Å²) in [7, 11) is 1.99. The topological polar surface area (TPSA) is 28.5 Å². The van der Waals surface area contributed by atoms with E-state index in [4.69, 9.17) is 11.6 Å². The summed E-state index contributed by atoms with van der Waals surface area (Å²) in [5.74, 6) is 0.135. The van der Waals surface area contributed by atoms with Crippen LogP contribution in [0.3, 0.4) is 0 Å². The predicted molar refractivity (Wildman–Crippen MR) is 103 cm³/mol. The van der Waals surface area contributed by atoms with Gasteiger partial charge in [0.05, 0.1) is 9.90 Å². The molecule has 6 heteroatoms. The lowest BCUT2D eigenvalue weighted by atomic mass is 10.1. The van der Waals surface area contributed by atoms with E-state index in [0.717, 1.165) is 53.5 Å². The van der Waals surface area contributed by atoms with Gasteiger partial charge in [0.25, 0.3) is 5.91 Å². The van der Waals surface area contributed by atoms with Crippen LogP contribution in [0, 0.1) is 0 Å². The summed E-state index contributed by atoms with van der Waals surface area (Å²) < 4.78 is 2.86. The van der Waals surface area contributed by atoms with Crippen LogP contribution in [0.1, 0.15) is 15.2 Å². The van der Waals surface area contributed by atoms with E-state index < -0.39 is 0 Å². The second-order valence-corrected chi connectivity index (χ2v) is 8.24. The Balaban J connectivity index is 1.44. The molecule has 4 nitrogen and oxygen atoms in total. The van der Waals surface area contributed by atoms with E-state index in [0.29, 0.717) is 0 Å². The number of nitrogens with zero attached hydrogens (tertiary/aromatic N) is 3. The van der Waals surface area contributed by atoms with Gasteiger partial charge in [-0.2, -0.15) is 0 Å². The Labute approximate surface area is 156 Å². The van der Waals surface area contributed by atoms with Crippen molar-refractivity contribution in [3.63, 3.8) is 0 Å². The fraction of sp³-hybridized carbons (Fsp3) is 0.316. The Morgan fingerprint density at radius 3 is 2.60 bits per heavy atom. The fourth-order valence-electron chi connectivity index (χ4n) is 3.45. The molecule has 1 saturated heterocycles. The molecule has 1 fully saturated rings. The summed E-state index contributed by atoms with van der Waals surface area (Å²) in [6.07, 6.45) is 1.95. The molecule has 0 saturated carbocycles. The number of aryl methyl sites for hydroxylation is 1. The molecule has 1 amide bonds. The van der Waals surface area contributed by atoms with Crippen LogP contribution in [0.2, 0.25) is 4.34 Å². The first-order chi connectivity index (χ1) is 12.1. The number of hydrogen-bond donors (Lipinski definition) is 0. The molecule has 1 aliphatic rings. The van der Waals surface area contributed by atoms with Gasteiger partial charge in [0.15, 0.2) is 0 Å². The first-order valence-corrected chi connectivity index (χ1v) is 9.61. The van der Waals surface area contributed by atoms with Crippen LogP contribution >= 0.6 is 22.9 Å². The summed E-state index contributed by atoms with van der Waals surface area (Å²) in [4.78, 5) is 18.6. The van der Waals surface area contributed by atoms with E-state index in [2.05, 4.69) is 17.0 Å². The van der Waals surface area contributed by atoms with Crippen LogP contribution in [0.25, 0.3) is 10.9 Å². The number of para-hydroxylation sites is 1. The zero-order valence-corrected chi connectivity index (χ0v) is 15.7. The SMILES string of the molecule is Cn1cc(C(=O)N2CCN(Cc3ccc(Cl)s3)CC2)c2ccccc21. The van der Waals surface area contributed by atoms with Crippen molar-refractivity contribution in [2.75, 3.05) is 26.2 Å². The van der Waals surface area contributed by atoms with Crippen molar-refractivity contribution in [2.24, 2.45) is 7.05 Å². The zero-order valence-electron chi connectivity index (χ0n) is 14.1. The van der Waals surface area contributed by atoms with Crippen molar-refractivity contribution in [1.29, 1.82) is 0 Å². The number of carbonyl (C=O) groups excluding carboxylic acids is 1. The molecule has 0 spiro atoms. The predicted octanol–water partition coefficient (Wildman–Crippen LogP) is 3.85. The van der Waals surface area contributed by atoms with Crippen LogP contribution in [-0.2, 0) is 13.6 Å². The molecule has 25 heavy (non-hydrogen) atoms. The zero-order chi connectivity index (χ0) is 17.4. The molecule has 1 aromatic carbocycles. The molecule has 3 aromatic rings. The summed E-state index contributed by atoms with van der Waals surface area (Å²) in [5.41, 5.74) is 1.90. The Hall–Kier alpha value is -1.82. The number of benzene rings is 1. The minimum atomic E-state index is 0.135. The van der Waals surface area contributed by atoms with E-state index in [9.17, 15) is 4.79 Å². The first-order valence-electron chi connectivity index (χ1n) is 8.42. The van der Waals surface area contributed by atoms with Gasteiger partial charge in [-0.25, -0.2) is 0 Å². The van der Waals surface area contributed by atoms with Crippen LogP contribution in [0.5, 0.6) is 0 Å². The molecule has 0 aliphatic carbocycles. The van der Waals surface area contributed by atoms with Crippen LogP contribution in [0.4, 0.5) is 0 Å². The third-order valence-electron chi connectivity index (χ3n) is 4.80. The minimum absolute atomic E-state index is 0.135. The second-order valence-electron chi connectivity index (χ2n) is 6.44. The van der Waals surface area contributed by atoms with E-state index >= 15 is 0 Å². The highest BCUT2D eigenvalue weighted by molar-refractivity contribution is 7.16. The highest BCUT2D eigenvalue weighted by Gasteiger charge is 2.24. The monoisotopic (exact) mass is 373 g/mol. The van der Waals surface area contributed by atoms with Crippen molar-refractivity contribution >= 4 is 39.7 Å². The number of aromatic nitrogens is 1. The Kier molecular flexibility index (Phi) is 4.54. The molecule has 4 rings (SSSR count). The molecule has 0 bridgehead atoms. The van der Waals surface area contributed by atoms with Crippen molar-refractivity contribution in [3.05, 3.63) is 57.4 Å². The average molecular weight is 374 g/mol. The lowest BCUT2D eigenvalue weighted by molar-refractivity contribution is 0.0631. The van der Waals surface area contributed by atoms with Gasteiger partial charge >= 0.3 is 0 Å². The van der Waals surface area contributed by atoms with Crippen molar-refractivity contribution in [1.82, 2.24) is 14.4 Å². The van der Waals surface area contributed by atoms with Gasteiger partial charge in [-0.15, -0.1) is 11.3 Å². The molecular formula is C19H20ClN3OS. The first kappa shape index (κ1) is 16.6. The fourth-order valence-corrected chi connectivity index (χ4v) is 4.58. The summed E-state index contributed by atoms with van der Waals surface area (Å²) in [6.45, 7) is 4.23. The van der Waals surface area contributed by atoms with Crippen molar-refractivity contribution < 1.29 is 4.79 Å². The largest absolute Gasteiger partial charge is 0.350 e. The van der Waals surface area contributed by atoms with Crippen LogP contribution in [0.15, 0.2) is 42.6 Å². The van der Waals surface area contributed by atoms with Crippen molar-refractivity contribution in [2.45, 2.75) is 6.54 Å². The molecule has 0 N–H and O–H groups in total. The van der Waals surface area contributed by atoms with Gasteiger partial charge < -0.3 is 9.47 Å². The number of thiophene rings is 1. The minimum Gasteiger partial charge on any atom is -0.350 e. The number of rotatable bonds is 3. The maximum atomic E-state index is 13.0. The Morgan fingerprint density at radius 2 is 1.88 bits per heavy atom. The van der Waals surface area contributed by atoms with Crippen molar-refractivity contribution in [3.8, 4) is 0 Å². The smallest absolute Gasteiger partial charge is 0.256 e. The second kappa shape index (κ2) is 6.83. The van der Waals surface area contributed by atoms with Gasteiger partial charge in [-0.1, -0.05) is 29.8 Å². The molecule has 130 valence electrons. The van der Waals surface area contributed by atoms with Crippen LogP contribution in [-0.4, -0.2) is 46.5 Å². The molecule has 0 atom stereocenters. The number of piperazine rings is 1. The highest BCUT2D eigenvalue weighted by atomic mass is 35.5.